The summed E-state index contributed by atoms with van der Waals surface area (Å²) in [5.41, 5.74) is 0.268. The molecule has 0 atom stereocenters. The molecule has 0 bridgehead atoms. The highest BCUT2D eigenvalue weighted by molar-refractivity contribution is 4.78. The summed E-state index contributed by atoms with van der Waals surface area (Å²) < 4.78 is 0. The highest BCUT2D eigenvalue weighted by atomic mass is 15.1. The molecule has 0 amide bonds. The lowest BCUT2D eigenvalue weighted by Gasteiger charge is -2.34. The number of nitrogens with zero attached hydrogens (tertiary/aromatic N) is 1. The average Bonchev–Trinajstić information content (AvgIpc) is 2.37. The topological polar surface area (TPSA) is 15.3 Å². The van der Waals surface area contributed by atoms with E-state index in [0.717, 1.165) is 18.5 Å². The van der Waals surface area contributed by atoms with Crippen molar-refractivity contribution in [1.82, 2.24) is 10.2 Å². The Labute approximate surface area is 121 Å². The van der Waals surface area contributed by atoms with Crippen molar-refractivity contribution in [1.29, 1.82) is 0 Å². The molecule has 1 saturated carbocycles. The van der Waals surface area contributed by atoms with Gasteiger partial charge in [0.15, 0.2) is 0 Å². The van der Waals surface area contributed by atoms with Gasteiger partial charge in [0.25, 0.3) is 0 Å². The van der Waals surface area contributed by atoms with E-state index in [2.05, 4.69) is 45.0 Å². The molecule has 0 heterocycles. The number of unbranched alkanes of at least 4 members (excludes halogenated alkanes) is 1. The third-order valence-electron chi connectivity index (χ3n) is 4.61. The maximum absolute atomic E-state index is 3.57. The number of nitrogens with one attached hydrogen (secondary N) is 1. The quantitative estimate of drug-likeness (QED) is 0.701. The van der Waals surface area contributed by atoms with E-state index in [1.54, 1.807) is 0 Å². The largest absolute Gasteiger partial charge is 0.312 e. The Hall–Kier alpha value is -0.0800. The van der Waals surface area contributed by atoms with Crippen LogP contribution in [0.1, 0.15) is 72.6 Å². The summed E-state index contributed by atoms with van der Waals surface area (Å²) in [4.78, 5) is 2.61. The highest BCUT2D eigenvalue weighted by Crippen LogP contribution is 2.28. The summed E-state index contributed by atoms with van der Waals surface area (Å²) in [6, 6.07) is 0.860. The van der Waals surface area contributed by atoms with Crippen molar-refractivity contribution in [3.8, 4) is 0 Å². The van der Waals surface area contributed by atoms with Gasteiger partial charge in [-0.2, -0.15) is 0 Å². The molecule has 1 N–H and O–H groups in total. The molecule has 0 spiro atoms. The van der Waals surface area contributed by atoms with Gasteiger partial charge in [-0.05, 0) is 85.4 Å². The maximum atomic E-state index is 3.57. The molecular formula is C17H36N2. The van der Waals surface area contributed by atoms with E-state index >= 15 is 0 Å². The van der Waals surface area contributed by atoms with E-state index in [9.17, 15) is 0 Å². The molecule has 1 fully saturated rings. The molecule has 0 radical (unpaired) electrons. The second-order valence-electron chi connectivity index (χ2n) is 7.45. The van der Waals surface area contributed by atoms with Crippen LogP contribution < -0.4 is 5.32 Å². The first-order valence-electron chi connectivity index (χ1n) is 8.37. The van der Waals surface area contributed by atoms with Crippen LogP contribution in [0.25, 0.3) is 0 Å². The molecule has 0 saturated heterocycles. The van der Waals surface area contributed by atoms with E-state index in [1.807, 2.05) is 0 Å². The summed E-state index contributed by atoms with van der Waals surface area (Å²) in [7, 11) is 2.33. The molecule has 2 heteroatoms. The smallest absolute Gasteiger partial charge is 0.00965 e. The lowest BCUT2D eigenvalue weighted by molar-refractivity contribution is 0.161. The van der Waals surface area contributed by atoms with Gasteiger partial charge in [0.1, 0.15) is 0 Å². The Morgan fingerprint density at radius 1 is 1.05 bits per heavy atom. The second kappa shape index (κ2) is 8.26. The molecule has 1 rings (SSSR count). The standard InChI is InChI=1S/C17H36N2/c1-6-15-9-11-16(12-10-15)19(5)14-8-7-13-18-17(2,3)4/h15-16,18H,6-14H2,1-5H3. The maximum Gasteiger partial charge on any atom is 0.00965 e. The SMILES string of the molecule is CCC1CCC(N(C)CCCCNC(C)(C)C)CC1. The van der Waals surface area contributed by atoms with Crippen LogP contribution in [0.5, 0.6) is 0 Å². The number of rotatable bonds is 7. The van der Waals surface area contributed by atoms with Crippen LogP contribution in [0.3, 0.4) is 0 Å². The van der Waals surface area contributed by atoms with Crippen molar-refractivity contribution in [3.63, 3.8) is 0 Å². The zero-order valence-corrected chi connectivity index (χ0v) is 14.0. The summed E-state index contributed by atoms with van der Waals surface area (Å²) in [5, 5.41) is 3.57. The third kappa shape index (κ3) is 7.31. The number of hydrogen-bond acceptors (Lipinski definition) is 2. The van der Waals surface area contributed by atoms with Gasteiger partial charge in [-0.15, -0.1) is 0 Å². The third-order valence-corrected chi connectivity index (χ3v) is 4.61. The Balaban J connectivity index is 2.06. The van der Waals surface area contributed by atoms with Crippen LogP contribution in [-0.4, -0.2) is 36.6 Å². The fourth-order valence-corrected chi connectivity index (χ4v) is 3.13. The second-order valence-corrected chi connectivity index (χ2v) is 7.45. The average molecular weight is 268 g/mol. The van der Waals surface area contributed by atoms with E-state index in [4.69, 9.17) is 0 Å². The molecule has 0 aliphatic heterocycles. The molecule has 0 aromatic rings. The predicted octanol–water partition coefficient (Wildman–Crippen LogP) is 4.06. The fraction of sp³-hybridized carbons (Fsp3) is 1.00. The van der Waals surface area contributed by atoms with Crippen LogP contribution in [0.15, 0.2) is 0 Å². The normalized spacial score (nSPS) is 24.9. The highest BCUT2D eigenvalue weighted by Gasteiger charge is 2.22. The minimum absolute atomic E-state index is 0.268. The van der Waals surface area contributed by atoms with E-state index < -0.39 is 0 Å². The minimum atomic E-state index is 0.268. The van der Waals surface area contributed by atoms with Crippen molar-refractivity contribution in [2.75, 3.05) is 20.1 Å². The van der Waals surface area contributed by atoms with E-state index in [1.165, 1.54) is 51.5 Å². The van der Waals surface area contributed by atoms with Gasteiger partial charge in [0.2, 0.25) is 0 Å². The molecule has 2 nitrogen and oxygen atoms in total. The monoisotopic (exact) mass is 268 g/mol. The molecule has 1 aliphatic rings. The summed E-state index contributed by atoms with van der Waals surface area (Å²) in [6.07, 6.45) is 9.77. The van der Waals surface area contributed by atoms with Crippen molar-refractivity contribution in [2.45, 2.75) is 84.2 Å². The summed E-state index contributed by atoms with van der Waals surface area (Å²) in [5.74, 6) is 1.01. The summed E-state index contributed by atoms with van der Waals surface area (Å²) in [6.45, 7) is 11.5. The van der Waals surface area contributed by atoms with Crippen LogP contribution in [-0.2, 0) is 0 Å². The van der Waals surface area contributed by atoms with Gasteiger partial charge in [-0.1, -0.05) is 13.3 Å². The fourth-order valence-electron chi connectivity index (χ4n) is 3.13. The lowest BCUT2D eigenvalue weighted by atomic mass is 9.84. The number of hydrogen-bond donors (Lipinski definition) is 1. The zero-order chi connectivity index (χ0) is 14.3. The van der Waals surface area contributed by atoms with Gasteiger partial charge >= 0.3 is 0 Å². The lowest BCUT2D eigenvalue weighted by Crippen LogP contribution is -2.38. The van der Waals surface area contributed by atoms with Crippen molar-refractivity contribution >= 4 is 0 Å². The van der Waals surface area contributed by atoms with Gasteiger partial charge in [0.05, 0.1) is 0 Å². The van der Waals surface area contributed by atoms with Gasteiger partial charge < -0.3 is 10.2 Å². The van der Waals surface area contributed by atoms with Gasteiger partial charge in [0, 0.05) is 11.6 Å². The predicted molar refractivity (Wildman–Crippen MR) is 85.7 cm³/mol. The Bertz CT molecular complexity index is 224. The molecular weight excluding hydrogens is 232 g/mol. The van der Waals surface area contributed by atoms with Crippen LogP contribution in [0.2, 0.25) is 0 Å². The van der Waals surface area contributed by atoms with Gasteiger partial charge in [-0.3, -0.25) is 0 Å². The van der Waals surface area contributed by atoms with Crippen molar-refractivity contribution in [2.24, 2.45) is 5.92 Å². The van der Waals surface area contributed by atoms with Gasteiger partial charge in [-0.25, -0.2) is 0 Å². The first-order chi connectivity index (χ1) is 8.92. The van der Waals surface area contributed by atoms with E-state index in [-0.39, 0.29) is 5.54 Å². The molecule has 114 valence electrons. The van der Waals surface area contributed by atoms with Crippen LogP contribution >= 0.6 is 0 Å². The summed E-state index contributed by atoms with van der Waals surface area (Å²) >= 11 is 0. The Morgan fingerprint density at radius 3 is 2.21 bits per heavy atom. The molecule has 19 heavy (non-hydrogen) atoms. The van der Waals surface area contributed by atoms with E-state index in [0.29, 0.717) is 0 Å². The molecule has 0 unspecified atom stereocenters. The van der Waals surface area contributed by atoms with Crippen molar-refractivity contribution in [3.05, 3.63) is 0 Å². The first kappa shape index (κ1) is 17.0. The Morgan fingerprint density at radius 2 is 1.68 bits per heavy atom. The first-order valence-corrected chi connectivity index (χ1v) is 8.37. The van der Waals surface area contributed by atoms with Crippen LogP contribution in [0.4, 0.5) is 0 Å². The Kier molecular flexibility index (Phi) is 7.38. The molecule has 0 aromatic heterocycles. The molecule has 0 aromatic carbocycles. The van der Waals surface area contributed by atoms with Crippen LogP contribution in [0, 0.1) is 5.92 Å². The minimum Gasteiger partial charge on any atom is -0.312 e. The molecule has 1 aliphatic carbocycles. The zero-order valence-electron chi connectivity index (χ0n) is 14.0. The van der Waals surface area contributed by atoms with Crippen molar-refractivity contribution < 1.29 is 0 Å².